The third-order valence-electron chi connectivity index (χ3n) is 6.06. The Morgan fingerprint density at radius 3 is 1.97 bits per heavy atom. The van der Waals surface area contributed by atoms with Crippen LogP contribution in [-0.4, -0.2) is 40.4 Å². The van der Waals surface area contributed by atoms with Gasteiger partial charge >= 0.3 is 11.9 Å². The van der Waals surface area contributed by atoms with E-state index in [9.17, 15) is 9.59 Å². The summed E-state index contributed by atoms with van der Waals surface area (Å²) in [6.07, 6.45) is -0.784. The molecule has 1 atom stereocenters. The molecule has 2 heterocycles. The van der Waals surface area contributed by atoms with Crippen molar-refractivity contribution in [3.05, 3.63) is 82.4 Å². The van der Waals surface area contributed by atoms with Crippen LogP contribution in [0, 0.1) is 0 Å². The van der Waals surface area contributed by atoms with Gasteiger partial charge in [-0.25, -0.2) is 9.59 Å². The molecule has 178 valence electrons. The number of hydrogen-bond acceptors (Lipinski definition) is 8. The average Bonchev–Trinajstić information content (AvgIpc) is 3.22. The summed E-state index contributed by atoms with van der Waals surface area (Å²) in [6, 6.07) is 15.6. The Kier molecular flexibility index (Phi) is 5.56. The molecule has 8 nitrogen and oxygen atoms in total. The standard InChI is InChI=1S/C27H22O8/c1-30-19-10-9-14(11-20(19)31-2)24-18-13-22(33-4)21(32-3)12-17(18)23(27(29)34-24)25-15-7-5-6-8-16(15)26(28)35-25/h5-13,24H,1-4H3/t24-/m1/s1. The van der Waals surface area contributed by atoms with Gasteiger partial charge in [-0.15, -0.1) is 0 Å². The summed E-state index contributed by atoms with van der Waals surface area (Å²) in [6.45, 7) is 0. The summed E-state index contributed by atoms with van der Waals surface area (Å²) < 4.78 is 33.3. The first-order chi connectivity index (χ1) is 17.0. The van der Waals surface area contributed by atoms with Gasteiger partial charge in [0.05, 0.1) is 34.0 Å². The maximum atomic E-state index is 13.5. The van der Waals surface area contributed by atoms with Gasteiger partial charge in [-0.3, -0.25) is 0 Å². The van der Waals surface area contributed by atoms with Gasteiger partial charge in [-0.1, -0.05) is 24.3 Å². The van der Waals surface area contributed by atoms with E-state index in [0.29, 0.717) is 50.8 Å². The van der Waals surface area contributed by atoms with Crippen LogP contribution in [0.2, 0.25) is 0 Å². The van der Waals surface area contributed by atoms with Crippen molar-refractivity contribution in [2.75, 3.05) is 28.4 Å². The number of rotatable bonds is 5. The smallest absolute Gasteiger partial charge is 0.344 e. The second kappa shape index (κ2) is 8.72. The van der Waals surface area contributed by atoms with Crippen LogP contribution in [0.25, 0.3) is 11.3 Å². The fraction of sp³-hybridized carbons (Fsp3) is 0.185. The van der Waals surface area contributed by atoms with Gasteiger partial charge in [0.2, 0.25) is 0 Å². The monoisotopic (exact) mass is 474 g/mol. The van der Waals surface area contributed by atoms with E-state index < -0.39 is 18.0 Å². The zero-order valence-corrected chi connectivity index (χ0v) is 19.5. The summed E-state index contributed by atoms with van der Waals surface area (Å²) in [5.41, 5.74) is 2.85. The third kappa shape index (κ3) is 3.54. The van der Waals surface area contributed by atoms with Gasteiger partial charge in [0.1, 0.15) is 5.57 Å². The van der Waals surface area contributed by atoms with Crippen LogP contribution in [-0.2, 0) is 14.3 Å². The van der Waals surface area contributed by atoms with Gasteiger partial charge < -0.3 is 28.4 Å². The molecule has 0 saturated heterocycles. The van der Waals surface area contributed by atoms with E-state index >= 15 is 0 Å². The van der Waals surface area contributed by atoms with E-state index in [0.717, 1.165) is 0 Å². The number of hydrogen-bond donors (Lipinski definition) is 0. The van der Waals surface area contributed by atoms with Gasteiger partial charge in [0, 0.05) is 22.3 Å². The normalized spacial score (nSPS) is 18.2. The lowest BCUT2D eigenvalue weighted by Gasteiger charge is -2.29. The van der Waals surface area contributed by atoms with Crippen molar-refractivity contribution in [1.29, 1.82) is 0 Å². The molecular formula is C27H22O8. The predicted molar refractivity (Wildman–Crippen MR) is 126 cm³/mol. The molecule has 5 rings (SSSR count). The molecule has 0 unspecified atom stereocenters. The molecule has 3 aromatic rings. The average molecular weight is 474 g/mol. The van der Waals surface area contributed by atoms with Crippen molar-refractivity contribution in [3.63, 3.8) is 0 Å². The number of benzene rings is 3. The molecule has 2 aliphatic heterocycles. The molecule has 0 radical (unpaired) electrons. The zero-order chi connectivity index (χ0) is 24.7. The minimum atomic E-state index is -0.784. The van der Waals surface area contributed by atoms with Crippen LogP contribution in [0.3, 0.4) is 0 Å². The zero-order valence-electron chi connectivity index (χ0n) is 19.5. The molecule has 0 amide bonds. The first kappa shape index (κ1) is 22.3. The first-order valence-corrected chi connectivity index (χ1v) is 10.8. The molecule has 0 aliphatic carbocycles. The van der Waals surface area contributed by atoms with E-state index in [1.165, 1.54) is 21.3 Å². The van der Waals surface area contributed by atoms with Crippen molar-refractivity contribution >= 4 is 23.3 Å². The number of esters is 2. The lowest BCUT2D eigenvalue weighted by atomic mass is 9.87. The largest absolute Gasteiger partial charge is 0.493 e. The molecular weight excluding hydrogens is 452 g/mol. The van der Waals surface area contributed by atoms with Gasteiger partial charge in [0.15, 0.2) is 34.9 Å². The molecule has 0 aromatic heterocycles. The molecule has 0 spiro atoms. The van der Waals surface area contributed by atoms with Gasteiger partial charge in [-0.2, -0.15) is 0 Å². The van der Waals surface area contributed by atoms with Crippen LogP contribution in [0.4, 0.5) is 0 Å². The van der Waals surface area contributed by atoms with Gasteiger partial charge in [0.25, 0.3) is 0 Å². The van der Waals surface area contributed by atoms with Crippen molar-refractivity contribution in [2.24, 2.45) is 0 Å². The Balaban J connectivity index is 1.76. The van der Waals surface area contributed by atoms with Crippen LogP contribution in [0.5, 0.6) is 23.0 Å². The Bertz CT molecular complexity index is 1390. The van der Waals surface area contributed by atoms with E-state index in [4.69, 9.17) is 28.4 Å². The highest BCUT2D eigenvalue weighted by Crippen LogP contribution is 2.48. The number of carbonyl (C=O) groups excluding carboxylic acids is 2. The van der Waals surface area contributed by atoms with Crippen LogP contribution in [0.15, 0.2) is 54.6 Å². The predicted octanol–water partition coefficient (Wildman–Crippen LogP) is 4.41. The third-order valence-corrected chi connectivity index (χ3v) is 6.06. The Morgan fingerprint density at radius 1 is 0.657 bits per heavy atom. The second-order valence-corrected chi connectivity index (χ2v) is 7.83. The van der Waals surface area contributed by atoms with Crippen molar-refractivity contribution in [2.45, 2.75) is 6.10 Å². The topological polar surface area (TPSA) is 89.5 Å². The summed E-state index contributed by atoms with van der Waals surface area (Å²) in [5, 5.41) is 0. The number of carbonyl (C=O) groups is 2. The maximum Gasteiger partial charge on any atom is 0.344 e. The number of cyclic esters (lactones) is 2. The highest BCUT2D eigenvalue weighted by Gasteiger charge is 2.40. The molecule has 0 fully saturated rings. The summed E-state index contributed by atoms with van der Waals surface area (Å²) in [4.78, 5) is 26.0. The summed E-state index contributed by atoms with van der Waals surface area (Å²) in [5.74, 6) is 0.901. The molecule has 0 saturated carbocycles. The van der Waals surface area contributed by atoms with Crippen molar-refractivity contribution in [3.8, 4) is 23.0 Å². The van der Waals surface area contributed by atoms with Crippen molar-refractivity contribution < 1.29 is 38.0 Å². The molecule has 0 bridgehead atoms. The van der Waals surface area contributed by atoms with E-state index in [1.807, 2.05) is 0 Å². The molecule has 8 heteroatoms. The van der Waals surface area contributed by atoms with E-state index in [-0.39, 0.29) is 11.3 Å². The van der Waals surface area contributed by atoms with Crippen LogP contribution >= 0.6 is 0 Å². The highest BCUT2D eigenvalue weighted by molar-refractivity contribution is 6.27. The van der Waals surface area contributed by atoms with E-state index in [1.54, 1.807) is 61.7 Å². The fourth-order valence-corrected chi connectivity index (χ4v) is 4.39. The Hall–Kier alpha value is -4.46. The maximum absolute atomic E-state index is 13.5. The second-order valence-electron chi connectivity index (χ2n) is 7.83. The molecule has 35 heavy (non-hydrogen) atoms. The van der Waals surface area contributed by atoms with Crippen molar-refractivity contribution in [1.82, 2.24) is 0 Å². The number of methoxy groups -OCH3 is 4. The number of ether oxygens (including phenoxy) is 6. The Labute approximate surface area is 201 Å². The minimum Gasteiger partial charge on any atom is -0.493 e. The highest BCUT2D eigenvalue weighted by atomic mass is 16.6. The quantitative estimate of drug-likeness (QED) is 0.397. The van der Waals surface area contributed by atoms with Gasteiger partial charge in [-0.05, 0) is 30.3 Å². The number of fused-ring (bicyclic) bond motifs is 2. The first-order valence-electron chi connectivity index (χ1n) is 10.8. The molecule has 0 N–H and O–H groups in total. The summed E-state index contributed by atoms with van der Waals surface area (Å²) >= 11 is 0. The molecule has 2 aliphatic rings. The lowest BCUT2D eigenvalue weighted by molar-refractivity contribution is -0.141. The minimum absolute atomic E-state index is 0.135. The fourth-order valence-electron chi connectivity index (χ4n) is 4.39. The van der Waals surface area contributed by atoms with Crippen LogP contribution in [0.1, 0.15) is 38.7 Å². The Morgan fingerprint density at radius 2 is 1.29 bits per heavy atom. The van der Waals surface area contributed by atoms with E-state index in [2.05, 4.69) is 0 Å². The van der Waals surface area contributed by atoms with Crippen LogP contribution < -0.4 is 18.9 Å². The molecule has 3 aromatic carbocycles. The SMILES string of the molecule is COc1ccc([C@H]2OC(=O)C(=C3OC(=O)c4ccccc43)c3cc(OC)c(OC)cc32)cc1OC. The lowest BCUT2D eigenvalue weighted by Crippen LogP contribution is -2.23. The summed E-state index contributed by atoms with van der Waals surface area (Å²) in [7, 11) is 6.11.